The first-order valence-electron chi connectivity index (χ1n) is 9.84. The number of fused-ring (bicyclic) bond motifs is 1. The summed E-state index contributed by atoms with van der Waals surface area (Å²) in [6.45, 7) is 3.64. The van der Waals surface area contributed by atoms with E-state index in [1.165, 1.54) is 36.0 Å². The van der Waals surface area contributed by atoms with E-state index in [1.54, 1.807) is 30.3 Å². The van der Waals surface area contributed by atoms with Crippen molar-refractivity contribution in [2.24, 2.45) is 0 Å². The normalized spacial score (nSPS) is 15.4. The molecule has 1 atom stereocenters. The molecule has 2 amide bonds. The van der Waals surface area contributed by atoms with Crippen LogP contribution in [0.25, 0.3) is 0 Å². The molecule has 0 aliphatic carbocycles. The number of rotatable bonds is 5. The SMILES string of the molecule is Cc1ccccc1NS(=O)(=O)c1ccc(NC(=O)c2ccc3c(c2)NC(=O)C(C)S3)cc1. The first-order valence-corrected chi connectivity index (χ1v) is 12.2. The van der Waals surface area contributed by atoms with Crippen molar-refractivity contribution in [3.05, 3.63) is 77.9 Å². The highest BCUT2D eigenvalue weighted by molar-refractivity contribution is 8.01. The topological polar surface area (TPSA) is 104 Å². The van der Waals surface area contributed by atoms with Gasteiger partial charge in [0, 0.05) is 16.1 Å². The molecule has 0 aromatic heterocycles. The van der Waals surface area contributed by atoms with Gasteiger partial charge in [0.15, 0.2) is 0 Å². The fourth-order valence-electron chi connectivity index (χ4n) is 3.16. The van der Waals surface area contributed by atoms with Crippen molar-refractivity contribution in [2.75, 3.05) is 15.4 Å². The van der Waals surface area contributed by atoms with Gasteiger partial charge in [-0.15, -0.1) is 11.8 Å². The lowest BCUT2D eigenvalue weighted by atomic mass is 10.1. The first kappa shape index (κ1) is 21.9. The van der Waals surface area contributed by atoms with Gasteiger partial charge in [0.1, 0.15) is 0 Å². The highest BCUT2D eigenvalue weighted by atomic mass is 32.2. The quantitative estimate of drug-likeness (QED) is 0.513. The van der Waals surface area contributed by atoms with Gasteiger partial charge in [-0.2, -0.15) is 0 Å². The zero-order valence-electron chi connectivity index (χ0n) is 17.4. The summed E-state index contributed by atoms with van der Waals surface area (Å²) < 4.78 is 27.9. The molecule has 32 heavy (non-hydrogen) atoms. The van der Waals surface area contributed by atoms with Crippen LogP contribution in [0, 0.1) is 6.92 Å². The Morgan fingerprint density at radius 3 is 2.47 bits per heavy atom. The van der Waals surface area contributed by atoms with Crippen molar-refractivity contribution in [3.8, 4) is 0 Å². The van der Waals surface area contributed by atoms with Gasteiger partial charge in [-0.3, -0.25) is 14.3 Å². The zero-order valence-corrected chi connectivity index (χ0v) is 19.0. The number of sulfonamides is 1. The maximum absolute atomic E-state index is 12.7. The average Bonchev–Trinajstić information content (AvgIpc) is 2.76. The van der Waals surface area contributed by atoms with E-state index in [1.807, 2.05) is 26.0 Å². The Labute approximate surface area is 190 Å². The van der Waals surface area contributed by atoms with Crippen molar-refractivity contribution in [3.63, 3.8) is 0 Å². The van der Waals surface area contributed by atoms with E-state index in [0.29, 0.717) is 22.6 Å². The van der Waals surface area contributed by atoms with Gasteiger partial charge in [-0.05, 0) is 67.9 Å². The number of benzene rings is 3. The van der Waals surface area contributed by atoms with Gasteiger partial charge in [0.2, 0.25) is 5.91 Å². The van der Waals surface area contributed by atoms with Gasteiger partial charge in [-0.1, -0.05) is 18.2 Å². The summed E-state index contributed by atoms with van der Waals surface area (Å²) in [6, 6.07) is 18.2. The van der Waals surface area contributed by atoms with E-state index in [4.69, 9.17) is 0 Å². The van der Waals surface area contributed by atoms with Gasteiger partial charge in [0.05, 0.1) is 21.5 Å². The van der Waals surface area contributed by atoms with Crippen LogP contribution in [0.4, 0.5) is 17.1 Å². The lowest BCUT2D eigenvalue weighted by molar-refractivity contribution is -0.115. The Hall–Kier alpha value is -3.30. The molecule has 3 aromatic carbocycles. The number of hydrogen-bond acceptors (Lipinski definition) is 5. The molecule has 1 unspecified atom stereocenters. The summed E-state index contributed by atoms with van der Waals surface area (Å²) in [6.07, 6.45) is 0. The molecule has 1 heterocycles. The highest BCUT2D eigenvalue weighted by Crippen LogP contribution is 2.36. The molecule has 0 fully saturated rings. The van der Waals surface area contributed by atoms with Gasteiger partial charge in [-0.25, -0.2) is 8.42 Å². The predicted octanol–water partition coefficient (Wildman–Crippen LogP) is 4.48. The van der Waals surface area contributed by atoms with Crippen molar-refractivity contribution >= 4 is 50.7 Å². The molecule has 1 aliphatic heterocycles. The maximum Gasteiger partial charge on any atom is 0.261 e. The monoisotopic (exact) mass is 467 g/mol. The number of para-hydroxylation sites is 1. The minimum atomic E-state index is -3.76. The Morgan fingerprint density at radius 2 is 1.75 bits per heavy atom. The molecule has 1 aliphatic rings. The summed E-state index contributed by atoms with van der Waals surface area (Å²) in [7, 11) is -3.76. The Morgan fingerprint density at radius 1 is 1.03 bits per heavy atom. The van der Waals surface area contributed by atoms with Crippen LogP contribution in [-0.2, 0) is 14.8 Å². The van der Waals surface area contributed by atoms with Crippen LogP contribution in [0.1, 0.15) is 22.8 Å². The minimum Gasteiger partial charge on any atom is -0.324 e. The molecular formula is C23H21N3O4S2. The lowest BCUT2D eigenvalue weighted by Gasteiger charge is -2.21. The van der Waals surface area contributed by atoms with Crippen molar-refractivity contribution in [1.29, 1.82) is 0 Å². The predicted molar refractivity (Wildman–Crippen MR) is 127 cm³/mol. The number of aryl methyl sites for hydroxylation is 1. The van der Waals surface area contributed by atoms with E-state index in [0.717, 1.165) is 10.5 Å². The van der Waals surface area contributed by atoms with Gasteiger partial charge < -0.3 is 10.6 Å². The number of nitrogens with one attached hydrogen (secondary N) is 3. The van der Waals surface area contributed by atoms with Crippen LogP contribution in [-0.4, -0.2) is 25.5 Å². The molecule has 9 heteroatoms. The summed E-state index contributed by atoms with van der Waals surface area (Å²) in [5, 5.41) is 5.37. The molecule has 3 N–H and O–H groups in total. The fourth-order valence-corrected chi connectivity index (χ4v) is 5.22. The number of anilines is 3. The van der Waals surface area contributed by atoms with Gasteiger partial charge in [0.25, 0.3) is 15.9 Å². The van der Waals surface area contributed by atoms with E-state index in [9.17, 15) is 18.0 Å². The van der Waals surface area contributed by atoms with Crippen molar-refractivity contribution in [1.82, 2.24) is 0 Å². The van der Waals surface area contributed by atoms with Crippen molar-refractivity contribution in [2.45, 2.75) is 28.9 Å². The molecular weight excluding hydrogens is 446 g/mol. The minimum absolute atomic E-state index is 0.0846. The third-order valence-electron chi connectivity index (χ3n) is 4.98. The summed E-state index contributed by atoms with van der Waals surface area (Å²) >= 11 is 1.44. The molecule has 3 aromatic rings. The number of carbonyl (C=O) groups excluding carboxylic acids is 2. The van der Waals surface area contributed by atoms with E-state index < -0.39 is 10.0 Å². The highest BCUT2D eigenvalue weighted by Gasteiger charge is 2.24. The molecule has 0 spiro atoms. The smallest absolute Gasteiger partial charge is 0.261 e. The van der Waals surface area contributed by atoms with Crippen LogP contribution < -0.4 is 15.4 Å². The Balaban J connectivity index is 1.47. The fraction of sp³-hybridized carbons (Fsp3) is 0.130. The Bertz CT molecular complexity index is 1310. The second-order valence-electron chi connectivity index (χ2n) is 7.36. The molecule has 0 bridgehead atoms. The Kier molecular flexibility index (Phi) is 5.94. The summed E-state index contributed by atoms with van der Waals surface area (Å²) in [4.78, 5) is 25.5. The number of carbonyl (C=O) groups is 2. The third-order valence-corrected chi connectivity index (χ3v) is 7.54. The van der Waals surface area contributed by atoms with E-state index in [-0.39, 0.29) is 22.0 Å². The van der Waals surface area contributed by atoms with Gasteiger partial charge >= 0.3 is 0 Å². The largest absolute Gasteiger partial charge is 0.324 e. The van der Waals surface area contributed by atoms with E-state index in [2.05, 4.69) is 15.4 Å². The molecule has 164 valence electrons. The van der Waals surface area contributed by atoms with Crippen molar-refractivity contribution < 1.29 is 18.0 Å². The maximum atomic E-state index is 12.7. The molecule has 7 nitrogen and oxygen atoms in total. The molecule has 0 saturated heterocycles. The number of amides is 2. The number of thioether (sulfide) groups is 1. The average molecular weight is 468 g/mol. The summed E-state index contributed by atoms with van der Waals surface area (Å²) in [5.41, 5.74) is 2.77. The first-order chi connectivity index (χ1) is 15.2. The second-order valence-corrected chi connectivity index (χ2v) is 10.4. The zero-order chi connectivity index (χ0) is 22.9. The summed E-state index contributed by atoms with van der Waals surface area (Å²) in [5.74, 6) is -0.463. The third kappa shape index (κ3) is 4.63. The standard InChI is InChI=1S/C23H21N3O4S2/c1-14-5-3-4-6-19(14)26-32(29,30)18-10-8-17(9-11-18)24-23(28)16-7-12-21-20(13-16)25-22(27)15(2)31-21/h3-13,15,26H,1-2H3,(H,24,28)(H,25,27). The van der Waals surface area contributed by atoms with E-state index >= 15 is 0 Å². The lowest BCUT2D eigenvalue weighted by Crippen LogP contribution is -2.26. The molecule has 4 rings (SSSR count). The van der Waals surface area contributed by atoms with Crippen LogP contribution >= 0.6 is 11.8 Å². The molecule has 0 saturated carbocycles. The van der Waals surface area contributed by atoms with Crippen LogP contribution in [0.15, 0.2) is 76.5 Å². The van der Waals surface area contributed by atoms with Crippen LogP contribution in [0.3, 0.4) is 0 Å². The molecule has 0 radical (unpaired) electrons. The van der Waals surface area contributed by atoms with Crippen LogP contribution in [0.5, 0.6) is 0 Å². The second kappa shape index (κ2) is 8.68. The number of hydrogen-bond donors (Lipinski definition) is 3. The van der Waals surface area contributed by atoms with Crippen LogP contribution in [0.2, 0.25) is 0 Å².